The summed E-state index contributed by atoms with van der Waals surface area (Å²) >= 11 is 1.62. The maximum absolute atomic E-state index is 11.8. The SMILES string of the molecule is CSc1ccccc1NC(=O)CCc1ccco1. The number of furan rings is 1. The smallest absolute Gasteiger partial charge is 0.224 e. The Labute approximate surface area is 111 Å². The second-order valence-electron chi connectivity index (χ2n) is 3.83. The first kappa shape index (κ1) is 12.8. The van der Waals surface area contributed by atoms with Crippen molar-refractivity contribution in [2.24, 2.45) is 0 Å². The van der Waals surface area contributed by atoms with E-state index in [1.165, 1.54) is 0 Å². The molecule has 0 aliphatic carbocycles. The number of benzene rings is 1. The van der Waals surface area contributed by atoms with Crippen LogP contribution in [0.4, 0.5) is 5.69 Å². The lowest BCUT2D eigenvalue weighted by Crippen LogP contribution is -2.12. The summed E-state index contributed by atoms with van der Waals surface area (Å²) < 4.78 is 5.19. The number of carbonyl (C=O) groups excluding carboxylic acids is 1. The Hall–Kier alpha value is -1.68. The zero-order valence-electron chi connectivity index (χ0n) is 10.2. The van der Waals surface area contributed by atoms with E-state index in [2.05, 4.69) is 5.32 Å². The van der Waals surface area contributed by atoms with Crippen molar-refractivity contribution in [1.29, 1.82) is 0 Å². The molecule has 1 amide bonds. The fourth-order valence-corrected chi connectivity index (χ4v) is 2.21. The number of nitrogens with one attached hydrogen (secondary N) is 1. The number of thioether (sulfide) groups is 1. The minimum Gasteiger partial charge on any atom is -0.469 e. The molecule has 1 heterocycles. The van der Waals surface area contributed by atoms with Gasteiger partial charge in [0.2, 0.25) is 5.91 Å². The molecule has 0 bridgehead atoms. The molecule has 0 aliphatic rings. The van der Waals surface area contributed by atoms with Crippen LogP contribution in [0.15, 0.2) is 52.0 Å². The van der Waals surface area contributed by atoms with Gasteiger partial charge in [0.15, 0.2) is 0 Å². The van der Waals surface area contributed by atoms with Gasteiger partial charge in [0.25, 0.3) is 0 Å². The number of hydrogen-bond donors (Lipinski definition) is 1. The maximum Gasteiger partial charge on any atom is 0.224 e. The number of rotatable bonds is 5. The summed E-state index contributed by atoms with van der Waals surface area (Å²) in [5, 5.41) is 2.92. The van der Waals surface area contributed by atoms with Gasteiger partial charge >= 0.3 is 0 Å². The van der Waals surface area contributed by atoms with Crippen molar-refractivity contribution in [2.45, 2.75) is 17.7 Å². The maximum atomic E-state index is 11.8. The van der Waals surface area contributed by atoms with E-state index in [0.717, 1.165) is 16.3 Å². The molecule has 0 radical (unpaired) electrons. The van der Waals surface area contributed by atoms with E-state index in [1.807, 2.05) is 42.7 Å². The molecular formula is C14H15NO2S. The van der Waals surface area contributed by atoms with E-state index in [4.69, 9.17) is 4.42 Å². The molecule has 0 saturated carbocycles. The average molecular weight is 261 g/mol. The first-order valence-electron chi connectivity index (χ1n) is 5.75. The first-order valence-corrected chi connectivity index (χ1v) is 6.97. The summed E-state index contributed by atoms with van der Waals surface area (Å²) in [6.07, 6.45) is 4.67. The van der Waals surface area contributed by atoms with Crippen LogP contribution >= 0.6 is 11.8 Å². The van der Waals surface area contributed by atoms with Crippen LogP contribution in [0.1, 0.15) is 12.2 Å². The molecular weight excluding hydrogens is 246 g/mol. The lowest BCUT2D eigenvalue weighted by molar-refractivity contribution is -0.116. The molecule has 0 fully saturated rings. The highest BCUT2D eigenvalue weighted by Gasteiger charge is 2.07. The van der Waals surface area contributed by atoms with Crippen molar-refractivity contribution in [1.82, 2.24) is 0 Å². The Kier molecular flexibility index (Phi) is 4.47. The van der Waals surface area contributed by atoms with E-state index in [-0.39, 0.29) is 5.91 Å². The third kappa shape index (κ3) is 3.40. The molecule has 1 aromatic carbocycles. The predicted molar refractivity (Wildman–Crippen MR) is 73.9 cm³/mol. The predicted octanol–water partition coefficient (Wildman–Crippen LogP) is 3.57. The highest BCUT2D eigenvalue weighted by Crippen LogP contribution is 2.24. The van der Waals surface area contributed by atoms with Gasteiger partial charge in [0.1, 0.15) is 5.76 Å². The van der Waals surface area contributed by atoms with Gasteiger partial charge in [0.05, 0.1) is 12.0 Å². The van der Waals surface area contributed by atoms with Crippen LogP contribution in [-0.4, -0.2) is 12.2 Å². The van der Waals surface area contributed by atoms with Crippen LogP contribution in [0.5, 0.6) is 0 Å². The van der Waals surface area contributed by atoms with Crippen LogP contribution in [-0.2, 0) is 11.2 Å². The molecule has 1 N–H and O–H groups in total. The topological polar surface area (TPSA) is 42.2 Å². The molecule has 0 saturated heterocycles. The Bertz CT molecular complexity index is 508. The standard InChI is InChI=1S/C14H15NO2S/c1-18-13-7-3-2-6-12(13)15-14(16)9-8-11-5-4-10-17-11/h2-7,10H,8-9H2,1H3,(H,15,16). The number of para-hydroxylation sites is 1. The van der Waals surface area contributed by atoms with E-state index in [0.29, 0.717) is 12.8 Å². The molecule has 4 heteroatoms. The molecule has 0 atom stereocenters. The highest BCUT2D eigenvalue weighted by atomic mass is 32.2. The third-order valence-electron chi connectivity index (χ3n) is 2.56. The van der Waals surface area contributed by atoms with Gasteiger partial charge in [-0.15, -0.1) is 11.8 Å². The third-order valence-corrected chi connectivity index (χ3v) is 3.36. The van der Waals surface area contributed by atoms with Crippen molar-refractivity contribution in [2.75, 3.05) is 11.6 Å². The Morgan fingerprint density at radius 2 is 2.11 bits per heavy atom. The molecule has 2 rings (SSSR count). The summed E-state index contributed by atoms with van der Waals surface area (Å²) in [6.45, 7) is 0. The molecule has 94 valence electrons. The lowest BCUT2D eigenvalue weighted by Gasteiger charge is -2.08. The van der Waals surface area contributed by atoms with E-state index >= 15 is 0 Å². The summed E-state index contributed by atoms with van der Waals surface area (Å²) in [7, 11) is 0. The van der Waals surface area contributed by atoms with Gasteiger partial charge in [-0.1, -0.05) is 12.1 Å². The van der Waals surface area contributed by atoms with Crippen LogP contribution in [0, 0.1) is 0 Å². The fourth-order valence-electron chi connectivity index (χ4n) is 1.65. The summed E-state index contributed by atoms with van der Waals surface area (Å²) in [5.41, 5.74) is 0.870. The van der Waals surface area contributed by atoms with Crippen molar-refractivity contribution in [3.05, 3.63) is 48.4 Å². The Morgan fingerprint density at radius 1 is 1.28 bits per heavy atom. The van der Waals surface area contributed by atoms with Gasteiger partial charge in [0, 0.05) is 17.7 Å². The van der Waals surface area contributed by atoms with Crippen molar-refractivity contribution < 1.29 is 9.21 Å². The van der Waals surface area contributed by atoms with Crippen LogP contribution in [0.25, 0.3) is 0 Å². The number of hydrogen-bond acceptors (Lipinski definition) is 3. The minimum atomic E-state index is 0.00731. The molecule has 18 heavy (non-hydrogen) atoms. The zero-order chi connectivity index (χ0) is 12.8. The van der Waals surface area contributed by atoms with Crippen molar-refractivity contribution >= 4 is 23.4 Å². The Morgan fingerprint density at radius 3 is 2.83 bits per heavy atom. The van der Waals surface area contributed by atoms with Crippen LogP contribution in [0.2, 0.25) is 0 Å². The van der Waals surface area contributed by atoms with Gasteiger partial charge in [-0.2, -0.15) is 0 Å². The van der Waals surface area contributed by atoms with Crippen molar-refractivity contribution in [3.8, 4) is 0 Å². The molecule has 1 aromatic heterocycles. The Balaban J connectivity index is 1.90. The molecule has 2 aromatic rings. The summed E-state index contributed by atoms with van der Waals surface area (Å²) in [5.74, 6) is 0.844. The van der Waals surface area contributed by atoms with Crippen molar-refractivity contribution in [3.63, 3.8) is 0 Å². The number of carbonyl (C=O) groups is 1. The van der Waals surface area contributed by atoms with Gasteiger partial charge in [-0.25, -0.2) is 0 Å². The summed E-state index contributed by atoms with van der Waals surface area (Å²) in [4.78, 5) is 12.9. The summed E-state index contributed by atoms with van der Waals surface area (Å²) in [6, 6.07) is 11.5. The average Bonchev–Trinajstić information content (AvgIpc) is 2.90. The van der Waals surface area contributed by atoms with Crippen LogP contribution < -0.4 is 5.32 Å². The number of amides is 1. The largest absolute Gasteiger partial charge is 0.469 e. The van der Waals surface area contributed by atoms with Gasteiger partial charge in [-0.05, 0) is 30.5 Å². The molecule has 3 nitrogen and oxygen atoms in total. The first-order chi connectivity index (χ1) is 8.79. The quantitative estimate of drug-likeness (QED) is 0.837. The lowest BCUT2D eigenvalue weighted by atomic mass is 10.2. The number of aryl methyl sites for hydroxylation is 1. The van der Waals surface area contributed by atoms with Gasteiger partial charge in [-0.3, -0.25) is 4.79 Å². The van der Waals surface area contributed by atoms with E-state index in [9.17, 15) is 4.79 Å². The number of anilines is 1. The minimum absolute atomic E-state index is 0.00731. The van der Waals surface area contributed by atoms with E-state index < -0.39 is 0 Å². The second kappa shape index (κ2) is 6.31. The molecule has 0 unspecified atom stereocenters. The monoisotopic (exact) mass is 261 g/mol. The van der Waals surface area contributed by atoms with E-state index in [1.54, 1.807) is 18.0 Å². The molecule has 0 spiro atoms. The fraction of sp³-hybridized carbons (Fsp3) is 0.214. The second-order valence-corrected chi connectivity index (χ2v) is 4.68. The molecule has 0 aliphatic heterocycles. The van der Waals surface area contributed by atoms with Crippen LogP contribution in [0.3, 0.4) is 0 Å². The normalized spacial score (nSPS) is 10.3. The highest BCUT2D eigenvalue weighted by molar-refractivity contribution is 7.98. The van der Waals surface area contributed by atoms with Gasteiger partial charge < -0.3 is 9.73 Å². The zero-order valence-corrected chi connectivity index (χ0v) is 11.0.